The summed E-state index contributed by atoms with van der Waals surface area (Å²) in [5.41, 5.74) is 0.944. The largest absolute Gasteiger partial charge is 0.482 e. The molecular weight excluding hydrogens is 1060 g/mol. The van der Waals surface area contributed by atoms with Crippen molar-refractivity contribution in [1.29, 1.82) is 0 Å². The first kappa shape index (κ1) is 68.7. The predicted octanol–water partition coefficient (Wildman–Crippen LogP) is 7.76. The molecule has 1 aliphatic carbocycles. The summed E-state index contributed by atoms with van der Waals surface area (Å²) in [5, 5.41) is 33.1. The van der Waals surface area contributed by atoms with E-state index >= 15 is 0 Å². The minimum absolute atomic E-state index is 0.0228. The number of carbonyl (C=O) groups excluding carboxylic acids is 5. The van der Waals surface area contributed by atoms with Gasteiger partial charge in [0.15, 0.2) is 5.78 Å². The van der Waals surface area contributed by atoms with Gasteiger partial charge in [0.05, 0.1) is 64.1 Å². The Bertz CT molecular complexity index is 2140. The van der Waals surface area contributed by atoms with Crippen molar-refractivity contribution in [2.75, 3.05) is 60.4 Å². The summed E-state index contributed by atoms with van der Waals surface area (Å²) in [5.74, 6) is -9.27. The molecule has 1 saturated carbocycles. The number of aliphatic hydroxyl groups is 3. The second kappa shape index (κ2) is 32.3. The lowest BCUT2D eigenvalue weighted by atomic mass is 9.78. The van der Waals surface area contributed by atoms with Crippen LogP contribution < -0.4 is 0 Å². The fourth-order valence-electron chi connectivity index (χ4n) is 11.1. The van der Waals surface area contributed by atoms with Crippen LogP contribution in [0.4, 0.5) is 22.0 Å². The lowest BCUT2D eigenvalue weighted by Crippen LogP contribution is -2.61. The van der Waals surface area contributed by atoms with E-state index in [1.165, 1.54) is 7.11 Å². The van der Waals surface area contributed by atoms with Gasteiger partial charge in [-0.25, -0.2) is 4.79 Å². The number of fused-ring (bicyclic) bond motifs is 3. The molecule has 0 radical (unpaired) electrons. The third kappa shape index (κ3) is 19.6. The maximum absolute atomic E-state index is 14.6. The molecule has 3 fully saturated rings. The molecule has 17 nitrogen and oxygen atoms in total. The third-order valence-electron chi connectivity index (χ3n) is 16.0. The summed E-state index contributed by atoms with van der Waals surface area (Å²) in [6.07, 6.45) is -2.37. The summed E-state index contributed by atoms with van der Waals surface area (Å²) in [6, 6.07) is -1.26. The summed E-state index contributed by atoms with van der Waals surface area (Å²) < 4.78 is 109. The maximum atomic E-state index is 14.6. The topological polar surface area (TPSA) is 223 Å². The zero-order valence-corrected chi connectivity index (χ0v) is 48.0. The molecule has 1 amide bonds. The Hall–Kier alpha value is -3.84. The van der Waals surface area contributed by atoms with E-state index in [9.17, 15) is 61.2 Å². The second-order valence-corrected chi connectivity index (χ2v) is 22.3. The van der Waals surface area contributed by atoms with Gasteiger partial charge in [-0.05, 0) is 107 Å². The van der Waals surface area contributed by atoms with Crippen LogP contribution in [0.3, 0.4) is 0 Å². The van der Waals surface area contributed by atoms with Gasteiger partial charge in [-0.3, -0.25) is 19.2 Å². The van der Waals surface area contributed by atoms with Crippen LogP contribution >= 0.6 is 0 Å². The fraction of sp³-hybridized carbons (Fsp3) is 0.776. The molecule has 3 heterocycles. The van der Waals surface area contributed by atoms with Crippen molar-refractivity contribution in [2.45, 2.75) is 192 Å². The van der Waals surface area contributed by atoms with E-state index in [0.29, 0.717) is 56.1 Å². The van der Waals surface area contributed by atoms with Crippen LogP contribution in [0.5, 0.6) is 0 Å². The van der Waals surface area contributed by atoms with E-state index in [0.717, 1.165) is 11.3 Å². The van der Waals surface area contributed by atoms with Gasteiger partial charge in [0.2, 0.25) is 5.79 Å². The van der Waals surface area contributed by atoms with Gasteiger partial charge in [-0.15, -0.1) is 0 Å². The van der Waals surface area contributed by atoms with Gasteiger partial charge in [0.25, 0.3) is 11.7 Å². The zero-order valence-electron chi connectivity index (χ0n) is 48.0. The molecule has 3 N–H and O–H groups in total. The van der Waals surface area contributed by atoms with Crippen molar-refractivity contribution in [3.05, 3.63) is 47.6 Å². The number of aliphatic hydroxyl groups excluding tert-OH is 2. The van der Waals surface area contributed by atoms with Crippen LogP contribution in [0, 0.1) is 35.5 Å². The lowest BCUT2D eigenvalue weighted by molar-refractivity contribution is -0.392. The molecule has 4 rings (SSSR count). The van der Waals surface area contributed by atoms with Crippen molar-refractivity contribution in [1.82, 2.24) is 4.90 Å². The Morgan fingerprint density at radius 3 is 2.20 bits per heavy atom. The molecule has 15 atom stereocenters. The number of amides is 1. The number of esters is 1. The third-order valence-corrected chi connectivity index (χ3v) is 16.0. The first-order chi connectivity index (χ1) is 37.7. The Morgan fingerprint density at radius 2 is 1.52 bits per heavy atom. The van der Waals surface area contributed by atoms with Gasteiger partial charge in [-0.1, -0.05) is 71.1 Å². The Kier molecular flexibility index (Phi) is 27.7. The van der Waals surface area contributed by atoms with Gasteiger partial charge in [-0.2, -0.15) is 22.0 Å². The second-order valence-electron chi connectivity index (χ2n) is 22.3. The number of hydrogen-bond donors (Lipinski definition) is 3. The SMILES string of the molecule is CO[C@@H]1CC(C[C@@H](C)C2CC(=O)[C@H](C)/C=C(\C)[C@@H](O)[C@@H](OC)C(=O)[C@H](C)C[C@H](C)/C=C/C=C/C=C(\C)[C@@H](OCCOCCOC(F)(F)C(F)(F)F)C[C@@H]3CC[C@@H](C)[C@@](O)(O3)C(=O)C(=O)N3CCCC[C@H]3C(=O)O2)CC[C@H]1OCCO. The molecule has 4 aliphatic rings. The molecule has 0 aromatic rings. The maximum Gasteiger partial charge on any atom is 0.482 e. The van der Waals surface area contributed by atoms with Crippen molar-refractivity contribution in [3.63, 3.8) is 0 Å². The van der Waals surface area contributed by atoms with Gasteiger partial charge >= 0.3 is 18.3 Å². The Balaban J connectivity index is 1.68. The number of hydrogen-bond acceptors (Lipinski definition) is 16. The number of methoxy groups -OCH3 is 2. The average molecular weight is 1150 g/mol. The van der Waals surface area contributed by atoms with Gasteiger partial charge in [0.1, 0.15) is 30.1 Å². The van der Waals surface area contributed by atoms with Crippen molar-refractivity contribution >= 4 is 29.2 Å². The van der Waals surface area contributed by atoms with Gasteiger partial charge < -0.3 is 58.1 Å². The fourth-order valence-corrected chi connectivity index (χ4v) is 11.1. The highest BCUT2D eigenvalue weighted by Crippen LogP contribution is 2.39. The number of Topliss-reactive ketones (excluding diaryl/α,β-unsaturated/α-hetero) is 3. The van der Waals surface area contributed by atoms with Crippen molar-refractivity contribution in [3.8, 4) is 0 Å². The van der Waals surface area contributed by atoms with Crippen LogP contribution in [-0.2, 0) is 61.9 Å². The summed E-state index contributed by atoms with van der Waals surface area (Å²) in [7, 11) is 2.92. The molecule has 2 bridgehead atoms. The number of ether oxygens (including phenoxy) is 8. The lowest BCUT2D eigenvalue weighted by Gasteiger charge is -2.43. The van der Waals surface area contributed by atoms with E-state index < -0.39 is 109 Å². The Labute approximate surface area is 467 Å². The zero-order chi connectivity index (χ0) is 59.5. The predicted molar refractivity (Wildman–Crippen MR) is 283 cm³/mol. The highest BCUT2D eigenvalue weighted by molar-refractivity contribution is 6.39. The van der Waals surface area contributed by atoms with Crippen molar-refractivity contribution < 1.29 is 99.1 Å². The highest BCUT2D eigenvalue weighted by atomic mass is 19.4. The molecule has 0 spiro atoms. The molecule has 22 heteroatoms. The Morgan fingerprint density at radius 1 is 0.812 bits per heavy atom. The highest BCUT2D eigenvalue weighted by Gasteiger charge is 2.59. The molecule has 80 heavy (non-hydrogen) atoms. The van der Waals surface area contributed by atoms with Crippen LogP contribution in [0.25, 0.3) is 0 Å². The number of allylic oxidation sites excluding steroid dienone is 6. The van der Waals surface area contributed by atoms with E-state index in [1.54, 1.807) is 72.1 Å². The molecule has 0 aromatic carbocycles. The van der Waals surface area contributed by atoms with Crippen molar-refractivity contribution in [2.24, 2.45) is 35.5 Å². The smallest absolute Gasteiger partial charge is 0.460 e. The normalized spacial score (nSPS) is 35.5. The monoisotopic (exact) mass is 1150 g/mol. The molecule has 2 saturated heterocycles. The average Bonchev–Trinajstić information content (AvgIpc) is 3.43. The molecule has 0 aromatic heterocycles. The van der Waals surface area contributed by atoms with Crippen LogP contribution in [0.15, 0.2) is 47.6 Å². The van der Waals surface area contributed by atoms with E-state index in [1.807, 2.05) is 19.9 Å². The number of nitrogens with zero attached hydrogens (tertiary/aromatic N) is 1. The number of cyclic esters (lactones) is 1. The first-order valence-electron chi connectivity index (χ1n) is 28.2. The summed E-state index contributed by atoms with van der Waals surface area (Å²) in [6.45, 7) is 10.0. The van der Waals surface area contributed by atoms with Gasteiger partial charge in [0, 0.05) is 51.4 Å². The number of alkyl halides is 5. The quantitative estimate of drug-likeness (QED) is 0.0442. The van der Waals surface area contributed by atoms with Crippen LogP contribution in [-0.4, -0.2) is 177 Å². The van der Waals surface area contributed by atoms with E-state index in [2.05, 4.69) is 4.74 Å². The van der Waals surface area contributed by atoms with Crippen LogP contribution in [0.2, 0.25) is 0 Å². The van der Waals surface area contributed by atoms with Crippen LogP contribution in [0.1, 0.15) is 126 Å². The molecule has 3 aliphatic heterocycles. The first-order valence-corrected chi connectivity index (χ1v) is 28.2. The summed E-state index contributed by atoms with van der Waals surface area (Å²) in [4.78, 5) is 72.7. The molecule has 456 valence electrons. The van der Waals surface area contributed by atoms with E-state index in [-0.39, 0.29) is 94.3 Å². The number of piperidine rings is 1. The number of ketones is 3. The number of halogens is 5. The molecule has 2 unspecified atom stereocenters. The van der Waals surface area contributed by atoms with E-state index in [4.69, 9.17) is 33.2 Å². The number of carbonyl (C=O) groups is 5. The standard InChI is InChI=1S/C58H88F5NO16/c1-35-15-11-10-12-16-36(2)47(77-27-25-75-26-28-78-58(62,63)57(59,60)61)33-43-20-18-41(7)56(72,80-43)53(69)54(70)64-22-14-13-17-44(64)55(71)79-48(38(4)31-42-19-21-46(76-24-23-65)49(32-42)73-8)34-45(66)37(3)30-40(6)51(68)52(74-9)50(67)39(5)29-35/h10-12,15-16,30,35,37-39,41-44,46-49,51-52,65,68,72H,13-14,17-29,31-34H2,1-9H3/b12-10+,15-11+,36-16+,40-30+/t35-,37-,38-,39-,41-,42?,43+,44+,46-,47+,48?,49-,51-,52+,56-/m1/s1. The minimum atomic E-state index is -5.90. The number of rotatable bonds is 16. The summed E-state index contributed by atoms with van der Waals surface area (Å²) >= 11 is 0. The molecular formula is C58H88F5NO16. The minimum Gasteiger partial charge on any atom is -0.460 e.